The molecule has 1 heteroatoms. The molecule has 0 aliphatic heterocycles. The maximum atomic E-state index is 15.4. The first kappa shape index (κ1) is 24.7. The standard InChI is InChI=1S/C34H35F/c1-3-5-7-8-10-27-17-20-30(21-18-27)32-24-22-31-25-29(19-23-33(31)34(32)35)16-15-28-13-11-26(12-14-28)9-6-4-2/h11-14,17-25H,3-10H2,1-2H3. The Morgan fingerprint density at radius 1 is 0.600 bits per heavy atom. The molecule has 0 saturated heterocycles. The molecule has 178 valence electrons. The maximum absolute atomic E-state index is 15.4. The molecular weight excluding hydrogens is 427 g/mol. The molecule has 4 aromatic carbocycles. The minimum Gasteiger partial charge on any atom is -0.206 e. The molecule has 0 aliphatic rings. The predicted octanol–water partition coefficient (Wildman–Crippen LogP) is 9.51. The van der Waals surface area contributed by atoms with Gasteiger partial charge in [0, 0.05) is 22.1 Å². The average Bonchev–Trinajstić information content (AvgIpc) is 2.90. The van der Waals surface area contributed by atoms with Gasteiger partial charge in [-0.1, -0.05) is 106 Å². The summed E-state index contributed by atoms with van der Waals surface area (Å²) in [5, 5.41) is 1.51. The number of unbranched alkanes of at least 4 members (excludes halogenated alkanes) is 4. The summed E-state index contributed by atoms with van der Waals surface area (Å²) in [5.41, 5.74) is 6.15. The normalized spacial score (nSPS) is 10.8. The van der Waals surface area contributed by atoms with Gasteiger partial charge in [-0.2, -0.15) is 0 Å². The number of hydrogen-bond acceptors (Lipinski definition) is 0. The lowest BCUT2D eigenvalue weighted by molar-refractivity contribution is 0.643. The van der Waals surface area contributed by atoms with Crippen LogP contribution < -0.4 is 0 Å². The van der Waals surface area contributed by atoms with Crippen molar-refractivity contribution in [1.29, 1.82) is 0 Å². The highest BCUT2D eigenvalue weighted by atomic mass is 19.1. The van der Waals surface area contributed by atoms with E-state index in [9.17, 15) is 0 Å². The van der Waals surface area contributed by atoms with Crippen molar-refractivity contribution in [3.8, 4) is 23.0 Å². The number of halogens is 1. The fourth-order valence-electron chi connectivity index (χ4n) is 4.48. The van der Waals surface area contributed by atoms with Crippen LogP contribution in [0.15, 0.2) is 78.9 Å². The first-order valence-corrected chi connectivity index (χ1v) is 13.1. The second-order valence-electron chi connectivity index (χ2n) is 9.42. The highest BCUT2D eigenvalue weighted by Gasteiger charge is 2.10. The van der Waals surface area contributed by atoms with E-state index in [1.165, 1.54) is 49.7 Å². The second kappa shape index (κ2) is 12.4. The van der Waals surface area contributed by atoms with Crippen LogP contribution in [0.4, 0.5) is 4.39 Å². The molecule has 0 fully saturated rings. The van der Waals surface area contributed by atoms with Crippen LogP contribution in [0.25, 0.3) is 21.9 Å². The molecule has 0 bridgehead atoms. The molecule has 0 amide bonds. The zero-order valence-electron chi connectivity index (χ0n) is 21.0. The lowest BCUT2D eigenvalue weighted by Gasteiger charge is -2.09. The molecule has 0 aromatic heterocycles. The van der Waals surface area contributed by atoms with E-state index < -0.39 is 0 Å². The van der Waals surface area contributed by atoms with Crippen LogP contribution in [0.1, 0.15) is 74.6 Å². The smallest absolute Gasteiger partial charge is 0.138 e. The van der Waals surface area contributed by atoms with Crippen LogP contribution in [0.5, 0.6) is 0 Å². The quantitative estimate of drug-likeness (QED) is 0.172. The monoisotopic (exact) mass is 462 g/mol. The van der Waals surface area contributed by atoms with E-state index in [0.717, 1.165) is 34.9 Å². The van der Waals surface area contributed by atoms with E-state index in [1.54, 1.807) is 0 Å². The van der Waals surface area contributed by atoms with Crippen molar-refractivity contribution < 1.29 is 4.39 Å². The van der Waals surface area contributed by atoms with Gasteiger partial charge in [-0.05, 0) is 72.0 Å². The lowest BCUT2D eigenvalue weighted by Crippen LogP contribution is -1.90. The molecule has 0 atom stereocenters. The molecule has 0 spiro atoms. The summed E-state index contributed by atoms with van der Waals surface area (Å²) in [4.78, 5) is 0. The fraction of sp³-hybridized carbons (Fsp3) is 0.294. The highest BCUT2D eigenvalue weighted by molar-refractivity contribution is 5.89. The van der Waals surface area contributed by atoms with Crippen molar-refractivity contribution in [2.45, 2.75) is 65.2 Å². The summed E-state index contributed by atoms with van der Waals surface area (Å²) < 4.78 is 15.4. The summed E-state index contributed by atoms with van der Waals surface area (Å²) in [6.07, 6.45) is 9.66. The zero-order chi connectivity index (χ0) is 24.5. The average molecular weight is 463 g/mol. The van der Waals surface area contributed by atoms with E-state index in [-0.39, 0.29) is 5.82 Å². The first-order chi connectivity index (χ1) is 17.2. The van der Waals surface area contributed by atoms with Crippen LogP contribution >= 0.6 is 0 Å². The second-order valence-corrected chi connectivity index (χ2v) is 9.42. The van der Waals surface area contributed by atoms with Gasteiger partial charge >= 0.3 is 0 Å². The third-order valence-electron chi connectivity index (χ3n) is 6.66. The summed E-state index contributed by atoms with van der Waals surface area (Å²) in [6.45, 7) is 4.44. The topological polar surface area (TPSA) is 0 Å². The third-order valence-corrected chi connectivity index (χ3v) is 6.66. The number of benzene rings is 4. The van der Waals surface area contributed by atoms with Gasteiger partial charge < -0.3 is 0 Å². The van der Waals surface area contributed by atoms with Gasteiger partial charge in [0.05, 0.1) is 0 Å². The molecule has 0 N–H and O–H groups in total. The Labute approximate surface area is 210 Å². The molecule has 35 heavy (non-hydrogen) atoms. The largest absolute Gasteiger partial charge is 0.206 e. The van der Waals surface area contributed by atoms with E-state index >= 15 is 4.39 Å². The minimum atomic E-state index is -0.166. The van der Waals surface area contributed by atoms with Gasteiger partial charge in [0.2, 0.25) is 0 Å². The fourth-order valence-corrected chi connectivity index (χ4v) is 4.48. The molecule has 4 rings (SSSR count). The summed E-state index contributed by atoms with van der Waals surface area (Å²) in [6, 6.07) is 26.5. The van der Waals surface area contributed by atoms with Crippen LogP contribution in [0.3, 0.4) is 0 Å². The Balaban J connectivity index is 1.49. The van der Waals surface area contributed by atoms with Crippen LogP contribution in [-0.2, 0) is 12.8 Å². The Morgan fingerprint density at radius 3 is 1.94 bits per heavy atom. The van der Waals surface area contributed by atoms with Crippen molar-refractivity contribution in [3.63, 3.8) is 0 Å². The highest BCUT2D eigenvalue weighted by Crippen LogP contribution is 2.30. The molecular formula is C34H35F. The van der Waals surface area contributed by atoms with Gasteiger partial charge in [0.15, 0.2) is 0 Å². The molecule has 0 heterocycles. The Morgan fingerprint density at radius 2 is 1.23 bits per heavy atom. The first-order valence-electron chi connectivity index (χ1n) is 13.1. The van der Waals surface area contributed by atoms with Crippen LogP contribution in [0.2, 0.25) is 0 Å². The van der Waals surface area contributed by atoms with Gasteiger partial charge in [-0.15, -0.1) is 0 Å². The van der Waals surface area contributed by atoms with Crippen molar-refractivity contribution in [2.75, 3.05) is 0 Å². The number of aryl methyl sites for hydroxylation is 2. The number of rotatable bonds is 9. The van der Waals surface area contributed by atoms with E-state index in [0.29, 0.717) is 10.9 Å². The third kappa shape index (κ3) is 6.61. The minimum absolute atomic E-state index is 0.166. The zero-order valence-corrected chi connectivity index (χ0v) is 21.0. The van der Waals surface area contributed by atoms with E-state index in [2.05, 4.69) is 62.1 Å². The molecule has 0 nitrogen and oxygen atoms in total. The van der Waals surface area contributed by atoms with E-state index in [1.807, 2.05) is 42.5 Å². The van der Waals surface area contributed by atoms with Crippen LogP contribution in [0, 0.1) is 17.7 Å². The Hall–Kier alpha value is -3.37. The summed E-state index contributed by atoms with van der Waals surface area (Å²) >= 11 is 0. The summed E-state index contributed by atoms with van der Waals surface area (Å²) in [7, 11) is 0. The van der Waals surface area contributed by atoms with Crippen molar-refractivity contribution >= 4 is 10.8 Å². The lowest BCUT2D eigenvalue weighted by atomic mass is 9.97. The number of fused-ring (bicyclic) bond motifs is 1. The molecule has 0 unspecified atom stereocenters. The summed E-state index contributed by atoms with van der Waals surface area (Å²) in [5.74, 6) is 6.32. The molecule has 0 radical (unpaired) electrons. The molecule has 0 aliphatic carbocycles. The van der Waals surface area contributed by atoms with Crippen LogP contribution in [-0.4, -0.2) is 0 Å². The predicted molar refractivity (Wildman–Crippen MR) is 148 cm³/mol. The SMILES string of the molecule is CCCCCCc1ccc(-c2ccc3cc(C#Cc4ccc(CCCC)cc4)ccc3c2F)cc1. The maximum Gasteiger partial charge on any atom is 0.138 e. The van der Waals surface area contributed by atoms with Crippen molar-refractivity contribution in [3.05, 3.63) is 107 Å². The van der Waals surface area contributed by atoms with Gasteiger partial charge in [-0.25, -0.2) is 4.39 Å². The Kier molecular flexibility index (Phi) is 8.74. The van der Waals surface area contributed by atoms with Gasteiger partial charge in [-0.3, -0.25) is 0 Å². The van der Waals surface area contributed by atoms with Gasteiger partial charge in [0.1, 0.15) is 5.82 Å². The molecule has 0 saturated carbocycles. The van der Waals surface area contributed by atoms with Crippen molar-refractivity contribution in [2.24, 2.45) is 0 Å². The van der Waals surface area contributed by atoms with E-state index in [4.69, 9.17) is 0 Å². The molecule has 4 aromatic rings. The van der Waals surface area contributed by atoms with Crippen molar-refractivity contribution in [1.82, 2.24) is 0 Å². The van der Waals surface area contributed by atoms with Gasteiger partial charge in [0.25, 0.3) is 0 Å². The Bertz CT molecular complexity index is 1300. The number of hydrogen-bond donors (Lipinski definition) is 0.